The van der Waals surface area contributed by atoms with E-state index >= 15 is 0 Å². The lowest BCUT2D eigenvalue weighted by Crippen LogP contribution is -2.14. The number of hydrogen-bond donors (Lipinski definition) is 2. The van der Waals surface area contributed by atoms with Crippen molar-refractivity contribution in [3.05, 3.63) is 71.0 Å². The monoisotopic (exact) mass is 336 g/mol. The van der Waals surface area contributed by atoms with Crippen LogP contribution in [-0.2, 0) is 0 Å². The minimum Gasteiger partial charge on any atom is -0.389 e. The molecule has 0 fully saturated rings. The van der Waals surface area contributed by atoms with Gasteiger partial charge in [-0.2, -0.15) is 0 Å². The van der Waals surface area contributed by atoms with Crippen molar-refractivity contribution in [3.8, 4) is 5.69 Å². The summed E-state index contributed by atoms with van der Waals surface area (Å²) >= 11 is 0. The summed E-state index contributed by atoms with van der Waals surface area (Å²) in [7, 11) is 0. The van der Waals surface area contributed by atoms with Gasteiger partial charge in [0, 0.05) is 5.69 Å². The Kier molecular flexibility index (Phi) is 4.63. The van der Waals surface area contributed by atoms with E-state index < -0.39 is 6.10 Å². The van der Waals surface area contributed by atoms with Gasteiger partial charge in [0.1, 0.15) is 0 Å². The second-order valence-electron chi connectivity index (χ2n) is 6.03. The Morgan fingerprint density at radius 3 is 2.64 bits per heavy atom. The van der Waals surface area contributed by atoms with Crippen molar-refractivity contribution >= 4 is 11.6 Å². The van der Waals surface area contributed by atoms with Gasteiger partial charge in [-0.15, -0.1) is 5.10 Å². The predicted molar refractivity (Wildman–Crippen MR) is 95.9 cm³/mol. The summed E-state index contributed by atoms with van der Waals surface area (Å²) in [5.74, 6) is -0.334. The van der Waals surface area contributed by atoms with Crippen molar-refractivity contribution in [1.82, 2.24) is 15.0 Å². The molecule has 0 spiro atoms. The molecule has 1 amide bonds. The molecule has 0 saturated carbocycles. The lowest BCUT2D eigenvalue weighted by molar-refractivity contribution is 0.102. The molecule has 1 aromatic heterocycles. The number of nitrogens with one attached hydrogen (secondary N) is 1. The van der Waals surface area contributed by atoms with Crippen LogP contribution in [0.2, 0.25) is 0 Å². The highest BCUT2D eigenvalue weighted by Crippen LogP contribution is 2.19. The van der Waals surface area contributed by atoms with Crippen molar-refractivity contribution in [3.63, 3.8) is 0 Å². The van der Waals surface area contributed by atoms with E-state index in [1.54, 1.807) is 35.9 Å². The quantitative estimate of drug-likeness (QED) is 0.767. The molecule has 2 N–H and O–H groups in total. The van der Waals surface area contributed by atoms with Crippen molar-refractivity contribution < 1.29 is 9.90 Å². The zero-order valence-corrected chi connectivity index (χ0v) is 14.4. The third-order valence-corrected chi connectivity index (χ3v) is 3.98. The number of benzene rings is 2. The van der Waals surface area contributed by atoms with Crippen LogP contribution < -0.4 is 5.32 Å². The number of rotatable bonds is 4. The Labute approximate surface area is 146 Å². The van der Waals surface area contributed by atoms with Gasteiger partial charge in [0.2, 0.25) is 0 Å². The smallest absolute Gasteiger partial charge is 0.278 e. The van der Waals surface area contributed by atoms with Crippen LogP contribution in [0.1, 0.15) is 40.3 Å². The summed E-state index contributed by atoms with van der Waals surface area (Å²) in [6.45, 7) is 5.49. The van der Waals surface area contributed by atoms with Crippen LogP contribution in [0.5, 0.6) is 0 Å². The number of aliphatic hydroxyl groups is 1. The summed E-state index contributed by atoms with van der Waals surface area (Å²) in [6.07, 6.45) is -0.596. The number of amides is 1. The zero-order chi connectivity index (χ0) is 18.0. The molecule has 6 heteroatoms. The molecule has 128 valence electrons. The van der Waals surface area contributed by atoms with Gasteiger partial charge in [0.25, 0.3) is 5.91 Å². The summed E-state index contributed by atoms with van der Waals surface area (Å²) < 4.78 is 1.65. The van der Waals surface area contributed by atoms with Gasteiger partial charge in [0.05, 0.1) is 17.5 Å². The SMILES string of the molecule is Cc1cccc(-n2nnc(C(=O)Nc3cccc(C(C)O)c3)c2C)c1. The first-order valence-electron chi connectivity index (χ1n) is 8.04. The first-order chi connectivity index (χ1) is 12.0. The first-order valence-corrected chi connectivity index (χ1v) is 8.04. The van der Waals surface area contributed by atoms with E-state index in [1.165, 1.54) is 0 Å². The molecule has 6 nitrogen and oxygen atoms in total. The molecule has 25 heavy (non-hydrogen) atoms. The number of aromatic nitrogens is 3. The predicted octanol–water partition coefficient (Wildman–Crippen LogP) is 3.19. The van der Waals surface area contributed by atoms with Crippen molar-refractivity contribution in [2.75, 3.05) is 5.32 Å². The lowest BCUT2D eigenvalue weighted by atomic mass is 10.1. The maximum absolute atomic E-state index is 12.5. The first kappa shape index (κ1) is 16.9. The highest BCUT2D eigenvalue weighted by atomic mass is 16.3. The van der Waals surface area contributed by atoms with Crippen molar-refractivity contribution in [2.24, 2.45) is 0 Å². The van der Waals surface area contributed by atoms with Crippen LogP contribution in [-0.4, -0.2) is 26.0 Å². The molecule has 0 bridgehead atoms. The van der Waals surface area contributed by atoms with E-state index in [-0.39, 0.29) is 11.6 Å². The molecule has 0 aliphatic carbocycles. The normalized spacial score (nSPS) is 12.0. The van der Waals surface area contributed by atoms with Gasteiger partial charge in [0.15, 0.2) is 5.69 Å². The Morgan fingerprint density at radius 2 is 1.92 bits per heavy atom. The Hall–Kier alpha value is -2.99. The Bertz CT molecular complexity index is 915. The van der Waals surface area contributed by atoms with Crippen LogP contribution in [0.15, 0.2) is 48.5 Å². The molecule has 3 aromatic rings. The summed E-state index contributed by atoms with van der Waals surface area (Å²) in [5.41, 5.74) is 4.23. The highest BCUT2D eigenvalue weighted by molar-refractivity contribution is 6.03. The van der Waals surface area contributed by atoms with Crippen LogP contribution in [0, 0.1) is 13.8 Å². The average Bonchev–Trinajstić information content (AvgIpc) is 2.96. The molecule has 1 unspecified atom stereocenters. The fourth-order valence-corrected chi connectivity index (χ4v) is 2.61. The number of hydrogen-bond acceptors (Lipinski definition) is 4. The second-order valence-corrected chi connectivity index (χ2v) is 6.03. The molecule has 1 atom stereocenters. The maximum Gasteiger partial charge on any atom is 0.278 e. The molecule has 3 rings (SSSR count). The van der Waals surface area contributed by atoms with Crippen LogP contribution in [0.3, 0.4) is 0 Å². The number of nitrogens with zero attached hydrogens (tertiary/aromatic N) is 3. The zero-order valence-electron chi connectivity index (χ0n) is 14.4. The number of anilines is 1. The maximum atomic E-state index is 12.5. The van der Waals surface area contributed by atoms with Gasteiger partial charge in [-0.25, -0.2) is 4.68 Å². The minimum atomic E-state index is -0.596. The van der Waals surface area contributed by atoms with Crippen molar-refractivity contribution in [2.45, 2.75) is 26.9 Å². The van der Waals surface area contributed by atoms with Crippen molar-refractivity contribution in [1.29, 1.82) is 0 Å². The van der Waals surface area contributed by atoms with E-state index in [0.717, 1.165) is 16.8 Å². The molecular weight excluding hydrogens is 316 g/mol. The van der Waals surface area contributed by atoms with Crippen LogP contribution >= 0.6 is 0 Å². The number of aliphatic hydroxyl groups excluding tert-OH is 1. The molecular formula is C19H20N4O2. The Balaban J connectivity index is 1.85. The molecule has 2 aromatic carbocycles. The van der Waals surface area contributed by atoms with Crippen LogP contribution in [0.25, 0.3) is 5.69 Å². The average molecular weight is 336 g/mol. The summed E-state index contributed by atoms with van der Waals surface area (Å²) in [5, 5.41) is 20.6. The van der Waals surface area contributed by atoms with E-state index in [9.17, 15) is 9.90 Å². The largest absolute Gasteiger partial charge is 0.389 e. The van der Waals surface area contributed by atoms with E-state index in [2.05, 4.69) is 15.6 Å². The lowest BCUT2D eigenvalue weighted by Gasteiger charge is -2.09. The van der Waals surface area contributed by atoms with E-state index in [0.29, 0.717) is 11.4 Å². The number of carbonyl (C=O) groups excluding carboxylic acids is 1. The number of carbonyl (C=O) groups is 1. The summed E-state index contributed by atoms with van der Waals surface area (Å²) in [6, 6.07) is 14.9. The van der Waals surface area contributed by atoms with Gasteiger partial charge < -0.3 is 10.4 Å². The summed E-state index contributed by atoms with van der Waals surface area (Å²) in [4.78, 5) is 12.5. The fraction of sp³-hybridized carbons (Fsp3) is 0.211. The molecule has 0 saturated heterocycles. The second kappa shape index (κ2) is 6.86. The fourth-order valence-electron chi connectivity index (χ4n) is 2.61. The van der Waals surface area contributed by atoms with Gasteiger partial charge in [-0.05, 0) is 56.2 Å². The highest BCUT2D eigenvalue weighted by Gasteiger charge is 2.18. The molecule has 0 radical (unpaired) electrons. The van der Waals surface area contributed by atoms with E-state index in [4.69, 9.17) is 0 Å². The Morgan fingerprint density at radius 1 is 1.16 bits per heavy atom. The van der Waals surface area contributed by atoms with Gasteiger partial charge in [-0.1, -0.05) is 29.5 Å². The molecule has 0 aliphatic rings. The number of aryl methyl sites for hydroxylation is 1. The topological polar surface area (TPSA) is 80.0 Å². The van der Waals surface area contributed by atoms with Crippen LogP contribution in [0.4, 0.5) is 5.69 Å². The third kappa shape index (κ3) is 3.59. The third-order valence-electron chi connectivity index (χ3n) is 3.98. The van der Waals surface area contributed by atoms with E-state index in [1.807, 2.05) is 38.1 Å². The minimum absolute atomic E-state index is 0.268. The standard InChI is InChI=1S/C19H20N4O2/c1-12-6-4-9-17(10-12)23-13(2)18(21-22-23)19(25)20-16-8-5-7-15(11-16)14(3)24/h4-11,14,24H,1-3H3,(H,20,25). The molecule has 0 aliphatic heterocycles. The molecule has 1 heterocycles. The van der Waals surface area contributed by atoms with Gasteiger partial charge in [-0.3, -0.25) is 4.79 Å². The van der Waals surface area contributed by atoms with Gasteiger partial charge >= 0.3 is 0 Å².